The van der Waals surface area contributed by atoms with E-state index in [0.29, 0.717) is 35.6 Å². The van der Waals surface area contributed by atoms with Crippen LogP contribution in [0, 0.1) is 11.2 Å². The van der Waals surface area contributed by atoms with Crippen LogP contribution in [0.1, 0.15) is 18.4 Å². The summed E-state index contributed by atoms with van der Waals surface area (Å²) in [6.07, 6.45) is 0.907. The normalized spacial score (nSPS) is 14.2. The Bertz CT molecular complexity index is 865. The molecule has 2 aromatic carbocycles. The molecule has 0 radical (unpaired) electrons. The third-order valence-corrected chi connectivity index (χ3v) is 4.66. The van der Waals surface area contributed by atoms with Crippen molar-refractivity contribution in [3.05, 3.63) is 53.8 Å². The molecule has 1 aliphatic rings. The Morgan fingerprint density at radius 3 is 2.37 bits per heavy atom. The van der Waals surface area contributed by atoms with E-state index in [1.165, 1.54) is 20.3 Å². The van der Waals surface area contributed by atoms with Crippen molar-refractivity contribution in [2.45, 2.75) is 19.4 Å². The quantitative estimate of drug-likeness (QED) is 0.733. The van der Waals surface area contributed by atoms with Gasteiger partial charge in [-0.2, -0.15) is 0 Å². The molecule has 0 heterocycles. The van der Waals surface area contributed by atoms with Gasteiger partial charge in [0.1, 0.15) is 11.2 Å². The van der Waals surface area contributed by atoms with Crippen molar-refractivity contribution in [2.75, 3.05) is 19.5 Å². The van der Waals surface area contributed by atoms with Gasteiger partial charge in [0.2, 0.25) is 11.8 Å². The fourth-order valence-corrected chi connectivity index (χ4v) is 2.83. The molecule has 0 aromatic heterocycles. The summed E-state index contributed by atoms with van der Waals surface area (Å²) >= 11 is 0. The summed E-state index contributed by atoms with van der Waals surface area (Å²) in [6, 6.07) is 11.2. The topological polar surface area (TPSA) is 76.7 Å². The van der Waals surface area contributed by atoms with E-state index in [-0.39, 0.29) is 12.5 Å². The van der Waals surface area contributed by atoms with Crippen LogP contribution < -0.4 is 20.1 Å². The Balaban J connectivity index is 1.65. The number of methoxy groups -OCH3 is 2. The molecule has 0 atom stereocenters. The van der Waals surface area contributed by atoms with E-state index in [1.807, 2.05) is 0 Å². The SMILES string of the molecule is COc1ccc(NC(=O)C2(C(=O)NCc3ccccc3F)CC2)cc1OC. The number of benzene rings is 2. The zero-order valence-corrected chi connectivity index (χ0v) is 15.2. The van der Waals surface area contributed by atoms with Gasteiger partial charge in [-0.25, -0.2) is 4.39 Å². The number of amides is 2. The first-order valence-corrected chi connectivity index (χ1v) is 8.55. The number of hydrogen-bond acceptors (Lipinski definition) is 4. The molecule has 1 aliphatic carbocycles. The Hall–Kier alpha value is -3.09. The molecule has 1 saturated carbocycles. The van der Waals surface area contributed by atoms with Crippen LogP contribution in [0.3, 0.4) is 0 Å². The van der Waals surface area contributed by atoms with Crippen LogP contribution in [-0.4, -0.2) is 26.0 Å². The monoisotopic (exact) mass is 372 g/mol. The van der Waals surface area contributed by atoms with Crippen LogP contribution in [0.4, 0.5) is 10.1 Å². The van der Waals surface area contributed by atoms with Gasteiger partial charge in [-0.3, -0.25) is 9.59 Å². The van der Waals surface area contributed by atoms with Gasteiger partial charge in [0, 0.05) is 23.9 Å². The first-order valence-electron chi connectivity index (χ1n) is 8.55. The van der Waals surface area contributed by atoms with Crippen molar-refractivity contribution in [2.24, 2.45) is 5.41 Å². The Labute approximate surface area is 156 Å². The van der Waals surface area contributed by atoms with E-state index < -0.39 is 17.1 Å². The average Bonchev–Trinajstić information content (AvgIpc) is 3.49. The third-order valence-electron chi connectivity index (χ3n) is 4.66. The maximum Gasteiger partial charge on any atom is 0.240 e. The van der Waals surface area contributed by atoms with E-state index in [9.17, 15) is 14.0 Å². The molecule has 0 saturated heterocycles. The van der Waals surface area contributed by atoms with Gasteiger partial charge in [0.05, 0.1) is 14.2 Å². The molecule has 3 rings (SSSR count). The fourth-order valence-electron chi connectivity index (χ4n) is 2.83. The summed E-state index contributed by atoms with van der Waals surface area (Å²) in [5.41, 5.74) is -0.230. The van der Waals surface area contributed by atoms with E-state index in [2.05, 4.69) is 10.6 Å². The van der Waals surface area contributed by atoms with Crippen molar-refractivity contribution in [3.63, 3.8) is 0 Å². The lowest BCUT2D eigenvalue weighted by Crippen LogP contribution is -2.39. The molecule has 2 aromatic rings. The van der Waals surface area contributed by atoms with E-state index in [4.69, 9.17) is 9.47 Å². The minimum atomic E-state index is -1.11. The summed E-state index contributed by atoms with van der Waals surface area (Å²) in [4.78, 5) is 25.2. The first-order chi connectivity index (χ1) is 13.0. The van der Waals surface area contributed by atoms with Gasteiger partial charge in [-0.1, -0.05) is 18.2 Å². The van der Waals surface area contributed by atoms with Gasteiger partial charge in [0.15, 0.2) is 11.5 Å². The summed E-state index contributed by atoms with van der Waals surface area (Å²) in [5.74, 6) is -0.162. The molecular formula is C20H21FN2O4. The summed E-state index contributed by atoms with van der Waals surface area (Å²) in [7, 11) is 3.03. The molecule has 6 nitrogen and oxygen atoms in total. The summed E-state index contributed by atoms with van der Waals surface area (Å²) in [5, 5.41) is 5.42. The number of nitrogens with one attached hydrogen (secondary N) is 2. The van der Waals surface area contributed by atoms with Crippen LogP contribution in [-0.2, 0) is 16.1 Å². The van der Waals surface area contributed by atoms with Crippen LogP contribution in [0.25, 0.3) is 0 Å². The highest BCUT2D eigenvalue weighted by atomic mass is 19.1. The minimum Gasteiger partial charge on any atom is -0.493 e. The maximum absolute atomic E-state index is 13.7. The highest BCUT2D eigenvalue weighted by Gasteiger charge is 2.56. The standard InChI is InChI=1S/C20H21FN2O4/c1-26-16-8-7-14(11-17(16)27-2)23-19(25)20(9-10-20)18(24)22-12-13-5-3-4-6-15(13)21/h3-8,11H,9-10,12H2,1-2H3,(H,22,24)(H,23,25). The van der Waals surface area contributed by atoms with Crippen molar-refractivity contribution in [1.82, 2.24) is 5.32 Å². The van der Waals surface area contributed by atoms with Crippen molar-refractivity contribution >= 4 is 17.5 Å². The molecule has 7 heteroatoms. The van der Waals surface area contributed by atoms with Crippen molar-refractivity contribution in [1.29, 1.82) is 0 Å². The highest BCUT2D eigenvalue weighted by molar-refractivity contribution is 6.13. The lowest BCUT2D eigenvalue weighted by molar-refractivity contribution is -0.134. The first kappa shape index (κ1) is 18.7. The zero-order valence-electron chi connectivity index (χ0n) is 15.2. The van der Waals surface area contributed by atoms with Gasteiger partial charge < -0.3 is 20.1 Å². The van der Waals surface area contributed by atoms with Gasteiger partial charge >= 0.3 is 0 Å². The Morgan fingerprint density at radius 2 is 1.74 bits per heavy atom. The van der Waals surface area contributed by atoms with E-state index >= 15 is 0 Å². The molecule has 2 amide bonds. The zero-order chi connectivity index (χ0) is 19.4. The second kappa shape index (κ2) is 7.65. The van der Waals surface area contributed by atoms with Gasteiger partial charge in [-0.15, -0.1) is 0 Å². The molecule has 0 bridgehead atoms. The number of carbonyl (C=O) groups is 2. The number of rotatable bonds is 7. The second-order valence-electron chi connectivity index (χ2n) is 6.38. The van der Waals surface area contributed by atoms with Gasteiger partial charge in [-0.05, 0) is 31.0 Å². The summed E-state index contributed by atoms with van der Waals surface area (Å²) < 4.78 is 24.1. The third kappa shape index (κ3) is 3.86. The fraction of sp³-hybridized carbons (Fsp3) is 0.300. The van der Waals surface area contributed by atoms with Crippen molar-refractivity contribution < 1.29 is 23.5 Å². The van der Waals surface area contributed by atoms with Crippen LogP contribution in [0.15, 0.2) is 42.5 Å². The molecule has 27 heavy (non-hydrogen) atoms. The highest BCUT2D eigenvalue weighted by Crippen LogP contribution is 2.47. The minimum absolute atomic E-state index is 0.0386. The van der Waals surface area contributed by atoms with E-state index in [0.717, 1.165) is 0 Å². The summed E-state index contributed by atoms with van der Waals surface area (Å²) in [6.45, 7) is 0.0386. The predicted molar refractivity (Wildman–Crippen MR) is 98.1 cm³/mol. The number of anilines is 1. The average molecular weight is 372 g/mol. The van der Waals surface area contributed by atoms with E-state index in [1.54, 1.807) is 36.4 Å². The molecule has 2 N–H and O–H groups in total. The molecule has 1 fully saturated rings. The largest absolute Gasteiger partial charge is 0.493 e. The molecular weight excluding hydrogens is 351 g/mol. The van der Waals surface area contributed by atoms with Crippen LogP contribution >= 0.6 is 0 Å². The number of carbonyl (C=O) groups excluding carboxylic acids is 2. The second-order valence-corrected chi connectivity index (χ2v) is 6.38. The predicted octanol–water partition coefficient (Wildman–Crippen LogP) is 2.88. The molecule has 0 unspecified atom stereocenters. The molecule has 0 aliphatic heterocycles. The Morgan fingerprint density at radius 1 is 1.04 bits per heavy atom. The lowest BCUT2D eigenvalue weighted by atomic mass is 10.0. The number of ether oxygens (including phenoxy) is 2. The Kier molecular flexibility index (Phi) is 5.30. The van der Waals surface area contributed by atoms with Crippen molar-refractivity contribution in [3.8, 4) is 11.5 Å². The lowest BCUT2D eigenvalue weighted by Gasteiger charge is -2.16. The number of halogens is 1. The van der Waals surface area contributed by atoms with Gasteiger partial charge in [0.25, 0.3) is 0 Å². The smallest absolute Gasteiger partial charge is 0.240 e. The molecule has 142 valence electrons. The van der Waals surface area contributed by atoms with Crippen LogP contribution in [0.2, 0.25) is 0 Å². The molecule has 0 spiro atoms. The number of hydrogen-bond donors (Lipinski definition) is 2. The van der Waals surface area contributed by atoms with Crippen LogP contribution in [0.5, 0.6) is 11.5 Å². The maximum atomic E-state index is 13.7.